The van der Waals surface area contributed by atoms with E-state index in [2.05, 4.69) is 9.97 Å². The number of carbonyl (C=O) groups is 3. The molecule has 3 heterocycles. The average Bonchev–Trinajstić information content (AvgIpc) is 3.49. The molecule has 0 unspecified atom stereocenters. The van der Waals surface area contributed by atoms with E-state index in [9.17, 15) is 24.0 Å². The van der Waals surface area contributed by atoms with Crippen molar-refractivity contribution in [1.29, 1.82) is 5.26 Å². The number of hydrogen-bond acceptors (Lipinski definition) is 6. The summed E-state index contributed by atoms with van der Waals surface area (Å²) < 4.78 is 14.6. The molecule has 198 valence electrons. The molecule has 0 radical (unpaired) electrons. The number of halogens is 1. The second kappa shape index (κ2) is 9.70. The molecule has 1 saturated heterocycles. The first-order valence-electron chi connectivity index (χ1n) is 12.8. The van der Waals surface area contributed by atoms with Crippen LogP contribution in [-0.4, -0.2) is 33.6 Å². The van der Waals surface area contributed by atoms with Crippen molar-refractivity contribution in [3.63, 3.8) is 0 Å². The fourth-order valence-electron chi connectivity index (χ4n) is 5.81. The normalized spacial score (nSPS) is 20.4. The highest BCUT2D eigenvalue weighted by Crippen LogP contribution is 2.49. The highest BCUT2D eigenvalue weighted by molar-refractivity contribution is 6.13. The first-order valence-corrected chi connectivity index (χ1v) is 12.8. The minimum Gasteiger partial charge on any atom is -0.296 e. The van der Waals surface area contributed by atoms with Crippen molar-refractivity contribution in [3.8, 4) is 6.07 Å². The quantitative estimate of drug-likeness (QED) is 0.486. The van der Waals surface area contributed by atoms with Gasteiger partial charge in [0.1, 0.15) is 23.2 Å². The Balaban J connectivity index is 1.73. The highest BCUT2D eigenvalue weighted by Gasteiger charge is 2.57. The van der Waals surface area contributed by atoms with Crippen LogP contribution < -0.4 is 9.80 Å². The lowest BCUT2D eigenvalue weighted by molar-refractivity contribution is -0.135. The number of nitriles is 1. The lowest BCUT2D eigenvalue weighted by atomic mass is 9.73. The number of benzene rings is 1. The van der Waals surface area contributed by atoms with Gasteiger partial charge in [0.2, 0.25) is 5.91 Å². The molecular weight excluding hydrogens is 497 g/mol. The first kappa shape index (κ1) is 26.2. The zero-order valence-corrected chi connectivity index (χ0v) is 22.0. The van der Waals surface area contributed by atoms with Gasteiger partial charge in [0, 0.05) is 24.1 Å². The molecule has 8 nitrogen and oxygen atoms in total. The van der Waals surface area contributed by atoms with E-state index in [1.165, 1.54) is 40.4 Å². The maximum Gasteiger partial charge on any atom is 0.251 e. The highest BCUT2D eigenvalue weighted by atomic mass is 19.1. The fraction of sp³-hybridized carbons (Fsp3) is 0.333. The molecule has 2 aromatic heterocycles. The Morgan fingerprint density at radius 3 is 2.64 bits per heavy atom. The number of amides is 2. The zero-order chi connectivity index (χ0) is 27.9. The third-order valence-electron chi connectivity index (χ3n) is 7.45. The number of Topliss-reactive ketones (excluding diaryl/α,β-unsaturated/α-hetero) is 1. The van der Waals surface area contributed by atoms with Crippen LogP contribution in [0, 0.1) is 22.6 Å². The van der Waals surface area contributed by atoms with Gasteiger partial charge in [-0.15, -0.1) is 0 Å². The van der Waals surface area contributed by atoms with Gasteiger partial charge in [-0.3, -0.25) is 29.2 Å². The lowest BCUT2D eigenvalue weighted by Crippen LogP contribution is -2.61. The Labute approximate surface area is 226 Å². The number of pyridine rings is 2. The molecule has 0 spiro atoms. The minimum atomic E-state index is -1.44. The number of anilines is 2. The largest absolute Gasteiger partial charge is 0.296 e. The fourth-order valence-corrected chi connectivity index (χ4v) is 5.81. The number of rotatable bonds is 5. The summed E-state index contributed by atoms with van der Waals surface area (Å²) in [6.45, 7) is 5.40. The van der Waals surface area contributed by atoms with E-state index in [1.807, 2.05) is 30.3 Å². The van der Waals surface area contributed by atoms with Gasteiger partial charge < -0.3 is 0 Å². The molecular formula is C30H28FN5O3. The predicted molar refractivity (Wildman–Crippen MR) is 142 cm³/mol. The van der Waals surface area contributed by atoms with Crippen LogP contribution in [0.5, 0.6) is 0 Å². The van der Waals surface area contributed by atoms with Gasteiger partial charge in [0.05, 0.1) is 29.7 Å². The van der Waals surface area contributed by atoms with Crippen LogP contribution in [0.2, 0.25) is 0 Å². The Morgan fingerprint density at radius 1 is 1.15 bits per heavy atom. The van der Waals surface area contributed by atoms with Crippen molar-refractivity contribution in [1.82, 2.24) is 9.97 Å². The van der Waals surface area contributed by atoms with Gasteiger partial charge in [-0.1, -0.05) is 45.0 Å². The number of fused-ring (bicyclic) bond motifs is 1. The van der Waals surface area contributed by atoms with Gasteiger partial charge in [-0.2, -0.15) is 5.26 Å². The number of carbonyl (C=O) groups excluding carboxylic acids is 3. The van der Waals surface area contributed by atoms with Gasteiger partial charge >= 0.3 is 0 Å². The van der Waals surface area contributed by atoms with Crippen LogP contribution in [-0.2, 0) is 26.3 Å². The van der Waals surface area contributed by atoms with E-state index in [0.29, 0.717) is 24.0 Å². The Hall–Kier alpha value is -4.45. The molecule has 0 saturated carbocycles. The molecule has 9 heteroatoms. The summed E-state index contributed by atoms with van der Waals surface area (Å²) in [5, 5.41) is 9.38. The van der Waals surface area contributed by atoms with Crippen LogP contribution in [0.25, 0.3) is 0 Å². The topological polar surface area (TPSA) is 107 Å². The van der Waals surface area contributed by atoms with E-state index in [1.54, 1.807) is 20.8 Å². The number of nitrogens with zero attached hydrogens (tertiary/aromatic N) is 5. The minimum absolute atomic E-state index is 0.0842. The summed E-state index contributed by atoms with van der Waals surface area (Å²) >= 11 is 0. The van der Waals surface area contributed by atoms with Crippen LogP contribution in [0.15, 0.2) is 61.1 Å². The third-order valence-corrected chi connectivity index (χ3v) is 7.45. The van der Waals surface area contributed by atoms with E-state index in [-0.39, 0.29) is 36.0 Å². The second-order valence-electron chi connectivity index (χ2n) is 11.0. The molecule has 0 N–H and O–H groups in total. The van der Waals surface area contributed by atoms with E-state index >= 15 is 0 Å². The molecule has 1 fully saturated rings. The molecule has 5 rings (SSSR count). The SMILES string of the molecule is CC(C)(C)C(=O)[C@]1(N(C(=O)[C@@H]2CCC(=O)N2c2cc(C#N)ccn2)c2cncc(F)c2)CCc2ccccc21. The first-order chi connectivity index (χ1) is 18.6. The molecule has 3 aromatic rings. The number of aromatic nitrogens is 2. The van der Waals surface area contributed by atoms with E-state index < -0.39 is 28.7 Å². The Bertz CT molecular complexity index is 1530. The summed E-state index contributed by atoms with van der Waals surface area (Å²) in [5.74, 6) is -1.53. The van der Waals surface area contributed by atoms with Gasteiger partial charge in [-0.05, 0) is 42.5 Å². The number of ketones is 1. The molecule has 2 atom stereocenters. The standard InChI is InChI=1S/C30H28FN5O3/c1-29(2,3)28(39)30(12-10-20-6-4-5-7-23(20)30)36(22-15-21(31)17-33-18-22)27(38)24-8-9-26(37)35(24)25-14-19(16-32)11-13-34-25/h4-7,11,13-15,17-18,24H,8-10,12H2,1-3H3/t24-,30-/m0/s1. The van der Waals surface area contributed by atoms with Crippen molar-refractivity contribution in [3.05, 3.63) is 83.6 Å². The molecule has 1 aromatic carbocycles. The summed E-state index contributed by atoms with van der Waals surface area (Å²) in [4.78, 5) is 53.2. The van der Waals surface area contributed by atoms with Crippen molar-refractivity contribution in [2.24, 2.45) is 5.41 Å². The van der Waals surface area contributed by atoms with Gasteiger partial charge in [-0.25, -0.2) is 9.37 Å². The van der Waals surface area contributed by atoms with Crippen LogP contribution >= 0.6 is 0 Å². The molecule has 39 heavy (non-hydrogen) atoms. The van der Waals surface area contributed by atoms with Crippen molar-refractivity contribution in [2.45, 2.75) is 58.0 Å². The average molecular weight is 526 g/mol. The summed E-state index contributed by atoms with van der Waals surface area (Å²) in [6, 6.07) is 12.7. The van der Waals surface area contributed by atoms with Gasteiger partial charge in [0.15, 0.2) is 5.78 Å². The van der Waals surface area contributed by atoms with E-state index in [0.717, 1.165) is 11.8 Å². The smallest absolute Gasteiger partial charge is 0.251 e. The summed E-state index contributed by atoms with van der Waals surface area (Å²) in [5.41, 5.74) is -0.262. The van der Waals surface area contributed by atoms with Crippen molar-refractivity contribution in [2.75, 3.05) is 9.80 Å². The maximum atomic E-state index is 14.7. The maximum absolute atomic E-state index is 14.7. The van der Waals surface area contributed by atoms with Crippen LogP contribution in [0.1, 0.15) is 56.7 Å². The number of hydrogen-bond donors (Lipinski definition) is 0. The molecule has 2 amide bonds. The summed E-state index contributed by atoms with van der Waals surface area (Å²) in [7, 11) is 0. The monoisotopic (exact) mass is 525 g/mol. The van der Waals surface area contributed by atoms with Crippen molar-refractivity contribution >= 4 is 29.1 Å². The van der Waals surface area contributed by atoms with Crippen LogP contribution in [0.4, 0.5) is 15.9 Å². The summed E-state index contributed by atoms with van der Waals surface area (Å²) in [6.07, 6.45) is 4.92. The number of aryl methyl sites for hydroxylation is 1. The lowest BCUT2D eigenvalue weighted by Gasteiger charge is -2.45. The van der Waals surface area contributed by atoms with Crippen LogP contribution in [0.3, 0.4) is 0 Å². The predicted octanol–water partition coefficient (Wildman–Crippen LogP) is 4.47. The third kappa shape index (κ3) is 4.36. The Morgan fingerprint density at radius 2 is 1.92 bits per heavy atom. The Kier molecular flexibility index (Phi) is 6.51. The molecule has 2 aliphatic rings. The van der Waals surface area contributed by atoms with Gasteiger partial charge in [0.25, 0.3) is 5.91 Å². The van der Waals surface area contributed by atoms with Crippen molar-refractivity contribution < 1.29 is 18.8 Å². The zero-order valence-electron chi connectivity index (χ0n) is 22.0. The molecule has 1 aliphatic carbocycles. The molecule has 1 aliphatic heterocycles. The molecule has 0 bridgehead atoms. The second-order valence-corrected chi connectivity index (χ2v) is 11.0. The van der Waals surface area contributed by atoms with E-state index in [4.69, 9.17) is 0 Å².